The number of hydrogen-bond acceptors (Lipinski definition) is 2. The highest BCUT2D eigenvalue weighted by Crippen LogP contribution is 2.23. The smallest absolute Gasteiger partial charge is 0.163 e. The van der Waals surface area contributed by atoms with Crippen LogP contribution >= 0.6 is 0 Å². The van der Waals surface area contributed by atoms with Gasteiger partial charge in [0.2, 0.25) is 0 Å². The van der Waals surface area contributed by atoms with Crippen molar-refractivity contribution in [3.63, 3.8) is 0 Å². The Bertz CT molecular complexity index is 396. The molecule has 1 N–H and O–H groups in total. The molecule has 17 heavy (non-hydrogen) atoms. The number of benzene rings is 1. The molecule has 0 unspecified atom stereocenters. The predicted octanol–water partition coefficient (Wildman–Crippen LogP) is 2.31. The minimum absolute atomic E-state index is 0.381. The molecule has 1 saturated heterocycles. The van der Waals surface area contributed by atoms with E-state index in [1.54, 1.807) is 6.07 Å². The summed E-state index contributed by atoms with van der Waals surface area (Å²) in [5.74, 6) is -1.56. The average Bonchev–Trinajstić information content (AvgIpc) is 2.27. The van der Waals surface area contributed by atoms with Gasteiger partial charge in [-0.2, -0.15) is 0 Å². The van der Waals surface area contributed by atoms with Gasteiger partial charge in [0, 0.05) is 25.2 Å². The molecule has 1 aromatic carbocycles. The van der Waals surface area contributed by atoms with E-state index in [-0.39, 0.29) is 0 Å². The molecule has 1 heterocycles. The third kappa shape index (κ3) is 3.01. The molecule has 0 aliphatic carbocycles. The SMILES string of the molecule is CC1(O)CCN(Cc2cccc(F)c2F)CC1. The van der Waals surface area contributed by atoms with Gasteiger partial charge < -0.3 is 5.11 Å². The Labute approximate surface area is 99.9 Å². The summed E-state index contributed by atoms with van der Waals surface area (Å²) in [5, 5.41) is 9.80. The van der Waals surface area contributed by atoms with Gasteiger partial charge in [0.25, 0.3) is 0 Å². The van der Waals surface area contributed by atoms with Gasteiger partial charge in [-0.25, -0.2) is 8.78 Å². The van der Waals surface area contributed by atoms with Crippen LogP contribution in [0.25, 0.3) is 0 Å². The lowest BCUT2D eigenvalue weighted by molar-refractivity contribution is -0.00753. The van der Waals surface area contributed by atoms with Crippen molar-refractivity contribution < 1.29 is 13.9 Å². The zero-order valence-corrected chi connectivity index (χ0v) is 9.92. The average molecular weight is 241 g/mol. The van der Waals surface area contributed by atoms with E-state index in [2.05, 4.69) is 0 Å². The molecule has 94 valence electrons. The Hall–Kier alpha value is -1.00. The highest BCUT2D eigenvalue weighted by molar-refractivity contribution is 5.18. The van der Waals surface area contributed by atoms with Gasteiger partial charge >= 0.3 is 0 Å². The molecule has 0 radical (unpaired) electrons. The largest absolute Gasteiger partial charge is 0.390 e. The first kappa shape index (κ1) is 12.5. The van der Waals surface area contributed by atoms with Gasteiger partial charge in [0.15, 0.2) is 11.6 Å². The van der Waals surface area contributed by atoms with E-state index in [1.807, 2.05) is 11.8 Å². The maximum atomic E-state index is 13.5. The summed E-state index contributed by atoms with van der Waals surface area (Å²) in [5.41, 5.74) is -0.233. The fourth-order valence-electron chi connectivity index (χ4n) is 2.10. The number of aliphatic hydroxyl groups is 1. The molecule has 1 fully saturated rings. The highest BCUT2D eigenvalue weighted by atomic mass is 19.2. The summed E-state index contributed by atoms with van der Waals surface area (Å²) in [4.78, 5) is 2.04. The zero-order valence-electron chi connectivity index (χ0n) is 9.92. The van der Waals surface area contributed by atoms with Gasteiger partial charge in [0.1, 0.15) is 0 Å². The van der Waals surface area contributed by atoms with Crippen molar-refractivity contribution in [3.05, 3.63) is 35.4 Å². The summed E-state index contributed by atoms with van der Waals surface area (Å²) in [6.07, 6.45) is 1.34. The third-order valence-corrected chi connectivity index (χ3v) is 3.36. The van der Waals surface area contributed by atoms with Crippen LogP contribution in [-0.4, -0.2) is 28.7 Å². The summed E-state index contributed by atoms with van der Waals surface area (Å²) in [7, 11) is 0. The van der Waals surface area contributed by atoms with Crippen molar-refractivity contribution in [3.8, 4) is 0 Å². The van der Waals surface area contributed by atoms with Crippen LogP contribution in [0.1, 0.15) is 25.3 Å². The van der Waals surface area contributed by atoms with E-state index in [9.17, 15) is 13.9 Å². The number of nitrogens with zero attached hydrogens (tertiary/aromatic N) is 1. The van der Waals surface area contributed by atoms with Crippen LogP contribution in [0.3, 0.4) is 0 Å². The Kier molecular flexibility index (Phi) is 3.45. The fourth-order valence-corrected chi connectivity index (χ4v) is 2.10. The molecule has 2 rings (SSSR count). The van der Waals surface area contributed by atoms with Crippen molar-refractivity contribution in [2.24, 2.45) is 0 Å². The molecule has 2 nitrogen and oxygen atoms in total. The Morgan fingerprint density at radius 2 is 1.94 bits per heavy atom. The molecule has 0 saturated carbocycles. The van der Waals surface area contributed by atoms with Crippen LogP contribution in [0.15, 0.2) is 18.2 Å². The molecular weight excluding hydrogens is 224 g/mol. The minimum atomic E-state index is -0.800. The molecular formula is C13H17F2NO. The van der Waals surface area contributed by atoms with Crippen molar-refractivity contribution in [2.45, 2.75) is 31.9 Å². The third-order valence-electron chi connectivity index (χ3n) is 3.36. The molecule has 0 atom stereocenters. The van der Waals surface area contributed by atoms with Crippen molar-refractivity contribution >= 4 is 0 Å². The highest BCUT2D eigenvalue weighted by Gasteiger charge is 2.27. The van der Waals surface area contributed by atoms with E-state index < -0.39 is 17.2 Å². The first-order valence-corrected chi connectivity index (χ1v) is 5.85. The Morgan fingerprint density at radius 3 is 2.59 bits per heavy atom. The normalized spacial score (nSPS) is 20.5. The van der Waals surface area contributed by atoms with Gasteiger partial charge in [-0.1, -0.05) is 12.1 Å². The lowest BCUT2D eigenvalue weighted by atomic mass is 9.93. The first-order valence-electron chi connectivity index (χ1n) is 5.85. The number of halogens is 2. The topological polar surface area (TPSA) is 23.5 Å². The number of likely N-dealkylation sites (tertiary alicyclic amines) is 1. The predicted molar refractivity (Wildman–Crippen MR) is 61.5 cm³/mol. The van der Waals surface area contributed by atoms with E-state index in [0.29, 0.717) is 38.0 Å². The molecule has 4 heteroatoms. The van der Waals surface area contributed by atoms with Gasteiger partial charge in [-0.05, 0) is 25.8 Å². The van der Waals surface area contributed by atoms with E-state index in [1.165, 1.54) is 6.07 Å². The quantitative estimate of drug-likeness (QED) is 0.859. The number of piperidine rings is 1. The van der Waals surface area contributed by atoms with Crippen LogP contribution in [0, 0.1) is 11.6 Å². The zero-order chi connectivity index (χ0) is 12.5. The second-order valence-electron chi connectivity index (χ2n) is 4.99. The molecule has 1 aliphatic heterocycles. The number of rotatable bonds is 2. The van der Waals surface area contributed by atoms with Crippen molar-refractivity contribution in [2.75, 3.05) is 13.1 Å². The van der Waals surface area contributed by atoms with E-state index in [4.69, 9.17) is 0 Å². The second kappa shape index (κ2) is 4.70. The molecule has 0 aromatic heterocycles. The molecule has 1 aliphatic rings. The monoisotopic (exact) mass is 241 g/mol. The van der Waals surface area contributed by atoms with Crippen LogP contribution in [0.5, 0.6) is 0 Å². The standard InChI is InChI=1S/C13H17F2NO/c1-13(17)5-7-16(8-6-13)9-10-3-2-4-11(14)12(10)15/h2-4,17H,5-9H2,1H3. The first-order chi connectivity index (χ1) is 7.98. The van der Waals surface area contributed by atoms with Crippen LogP contribution in [0.4, 0.5) is 8.78 Å². The Morgan fingerprint density at radius 1 is 1.29 bits per heavy atom. The maximum absolute atomic E-state index is 13.5. The van der Waals surface area contributed by atoms with E-state index in [0.717, 1.165) is 6.07 Å². The summed E-state index contributed by atoms with van der Waals surface area (Å²) in [6.45, 7) is 3.64. The van der Waals surface area contributed by atoms with Crippen molar-refractivity contribution in [1.29, 1.82) is 0 Å². The van der Waals surface area contributed by atoms with Gasteiger partial charge in [0.05, 0.1) is 5.60 Å². The number of hydrogen-bond donors (Lipinski definition) is 1. The second-order valence-corrected chi connectivity index (χ2v) is 4.99. The lowest BCUT2D eigenvalue weighted by Crippen LogP contribution is -2.42. The Balaban J connectivity index is 2.00. The van der Waals surface area contributed by atoms with Gasteiger partial charge in [-0.15, -0.1) is 0 Å². The van der Waals surface area contributed by atoms with Crippen molar-refractivity contribution in [1.82, 2.24) is 4.90 Å². The van der Waals surface area contributed by atoms with Gasteiger partial charge in [-0.3, -0.25) is 4.90 Å². The minimum Gasteiger partial charge on any atom is -0.390 e. The maximum Gasteiger partial charge on any atom is 0.163 e. The van der Waals surface area contributed by atoms with E-state index >= 15 is 0 Å². The van der Waals surface area contributed by atoms with Crippen LogP contribution in [0.2, 0.25) is 0 Å². The summed E-state index contributed by atoms with van der Waals surface area (Å²) >= 11 is 0. The molecule has 1 aromatic rings. The van der Waals surface area contributed by atoms with Crippen LogP contribution in [-0.2, 0) is 6.54 Å². The van der Waals surface area contributed by atoms with Crippen LogP contribution < -0.4 is 0 Å². The molecule has 0 amide bonds. The molecule has 0 bridgehead atoms. The fraction of sp³-hybridized carbons (Fsp3) is 0.538. The molecule has 0 spiro atoms. The lowest BCUT2D eigenvalue weighted by Gasteiger charge is -2.35. The summed E-state index contributed by atoms with van der Waals surface area (Å²) in [6, 6.07) is 4.25. The summed E-state index contributed by atoms with van der Waals surface area (Å²) < 4.78 is 26.5.